The number of nitrogens with one attached hydrogen (secondary N) is 1. The quantitative estimate of drug-likeness (QED) is 0.640. The zero-order valence-corrected chi connectivity index (χ0v) is 16.2. The van der Waals surface area contributed by atoms with Gasteiger partial charge in [-0.25, -0.2) is 14.8 Å². The Hall–Kier alpha value is -3.33. The lowest BCUT2D eigenvalue weighted by molar-refractivity contribution is -0.116. The van der Waals surface area contributed by atoms with Crippen molar-refractivity contribution in [2.24, 2.45) is 0 Å². The van der Waals surface area contributed by atoms with Crippen molar-refractivity contribution in [3.8, 4) is 11.3 Å². The molecule has 2 aromatic heterocycles. The van der Waals surface area contributed by atoms with Gasteiger partial charge in [0, 0.05) is 11.8 Å². The summed E-state index contributed by atoms with van der Waals surface area (Å²) in [6, 6.07) is 9.35. The molecular weight excluding hydrogens is 380 g/mol. The Labute approximate surface area is 164 Å². The third-order valence-electron chi connectivity index (χ3n) is 3.76. The largest absolute Gasteiger partial charge is 0.462 e. The Morgan fingerprint density at radius 2 is 2.00 bits per heavy atom. The van der Waals surface area contributed by atoms with Gasteiger partial charge in [-0.1, -0.05) is 41.7 Å². The van der Waals surface area contributed by atoms with E-state index in [4.69, 9.17) is 4.74 Å². The molecule has 0 atom stereocenters. The van der Waals surface area contributed by atoms with Gasteiger partial charge in [0.1, 0.15) is 11.4 Å². The summed E-state index contributed by atoms with van der Waals surface area (Å²) in [4.78, 5) is 44.9. The normalized spacial score (nSPS) is 10.5. The summed E-state index contributed by atoms with van der Waals surface area (Å²) in [7, 11) is 0. The van der Waals surface area contributed by atoms with E-state index < -0.39 is 17.4 Å². The number of thiazole rings is 1. The summed E-state index contributed by atoms with van der Waals surface area (Å²) in [5.41, 5.74) is 1.51. The number of aryl methyl sites for hydroxylation is 1. The van der Waals surface area contributed by atoms with E-state index in [1.165, 1.54) is 17.0 Å². The molecule has 0 fully saturated rings. The number of ether oxygens (including phenoxy) is 1. The highest BCUT2D eigenvalue weighted by Gasteiger charge is 2.18. The Kier molecular flexibility index (Phi) is 5.95. The lowest BCUT2D eigenvalue weighted by Gasteiger charge is -2.07. The Morgan fingerprint density at radius 3 is 2.71 bits per heavy atom. The van der Waals surface area contributed by atoms with Crippen LogP contribution in [0.15, 0.2) is 47.5 Å². The molecule has 0 aliphatic rings. The number of amides is 1. The van der Waals surface area contributed by atoms with E-state index in [9.17, 15) is 14.4 Å². The number of benzene rings is 1. The number of carbonyl (C=O) groups excluding carboxylic acids is 2. The van der Waals surface area contributed by atoms with E-state index >= 15 is 0 Å². The summed E-state index contributed by atoms with van der Waals surface area (Å²) < 4.78 is 6.24. The molecule has 0 bridgehead atoms. The first-order chi connectivity index (χ1) is 13.5. The van der Waals surface area contributed by atoms with E-state index in [-0.39, 0.29) is 18.3 Å². The van der Waals surface area contributed by atoms with Crippen LogP contribution in [0.1, 0.15) is 22.3 Å². The Bertz CT molecular complexity index is 1060. The van der Waals surface area contributed by atoms with Gasteiger partial charge in [0.05, 0.1) is 24.2 Å². The van der Waals surface area contributed by atoms with Crippen LogP contribution in [0, 0.1) is 6.92 Å². The van der Waals surface area contributed by atoms with Crippen LogP contribution >= 0.6 is 11.3 Å². The second-order valence-electron chi connectivity index (χ2n) is 5.81. The maximum atomic E-state index is 12.4. The van der Waals surface area contributed by atoms with Crippen molar-refractivity contribution < 1.29 is 14.3 Å². The molecule has 0 spiro atoms. The number of anilines is 1. The number of esters is 1. The van der Waals surface area contributed by atoms with Crippen LogP contribution in [-0.2, 0) is 16.1 Å². The first-order valence-corrected chi connectivity index (χ1v) is 9.36. The van der Waals surface area contributed by atoms with Gasteiger partial charge in [-0.05, 0) is 13.8 Å². The van der Waals surface area contributed by atoms with Crippen molar-refractivity contribution in [3.05, 3.63) is 63.7 Å². The first-order valence-electron chi connectivity index (χ1n) is 8.54. The average Bonchev–Trinajstić information content (AvgIpc) is 3.04. The van der Waals surface area contributed by atoms with Crippen LogP contribution in [0.2, 0.25) is 0 Å². The molecule has 144 valence electrons. The zero-order valence-electron chi connectivity index (χ0n) is 15.3. The number of rotatable bonds is 6. The summed E-state index contributed by atoms with van der Waals surface area (Å²) >= 11 is 1.03. The smallest absolute Gasteiger partial charge is 0.350 e. The van der Waals surface area contributed by atoms with Crippen LogP contribution < -0.4 is 10.9 Å². The second-order valence-corrected chi connectivity index (χ2v) is 6.81. The fourth-order valence-electron chi connectivity index (χ4n) is 2.47. The van der Waals surface area contributed by atoms with Crippen molar-refractivity contribution >= 4 is 28.3 Å². The molecule has 28 heavy (non-hydrogen) atoms. The predicted molar refractivity (Wildman–Crippen MR) is 105 cm³/mol. The fourth-order valence-corrected chi connectivity index (χ4v) is 3.35. The van der Waals surface area contributed by atoms with E-state index in [0.717, 1.165) is 16.9 Å². The number of aromatic nitrogens is 3. The molecule has 1 amide bonds. The standard InChI is InChI=1S/C19H18N4O4S/c1-3-27-18(26)17-12(2)21-19(28-17)22-15(24)11-23-10-14(20-9-16(23)25)13-7-5-4-6-8-13/h4-10H,3,11H2,1-2H3,(H,21,22,24). The minimum atomic E-state index is -0.476. The molecule has 0 aliphatic carbocycles. The van der Waals surface area contributed by atoms with Gasteiger partial charge in [0.2, 0.25) is 5.91 Å². The van der Waals surface area contributed by atoms with Gasteiger partial charge in [-0.15, -0.1) is 0 Å². The number of hydrogen-bond acceptors (Lipinski definition) is 7. The topological polar surface area (TPSA) is 103 Å². The highest BCUT2D eigenvalue weighted by Crippen LogP contribution is 2.23. The minimum Gasteiger partial charge on any atom is -0.462 e. The first kappa shape index (κ1) is 19.4. The van der Waals surface area contributed by atoms with Crippen molar-refractivity contribution in [2.75, 3.05) is 11.9 Å². The van der Waals surface area contributed by atoms with E-state index in [1.54, 1.807) is 13.8 Å². The number of hydrogen-bond donors (Lipinski definition) is 1. The maximum absolute atomic E-state index is 12.4. The van der Waals surface area contributed by atoms with Crippen LogP contribution in [0.4, 0.5) is 5.13 Å². The summed E-state index contributed by atoms with van der Waals surface area (Å²) in [6.07, 6.45) is 2.72. The van der Waals surface area contributed by atoms with Crippen LogP contribution in [0.25, 0.3) is 11.3 Å². The van der Waals surface area contributed by atoms with Gasteiger partial charge in [0.15, 0.2) is 5.13 Å². The average molecular weight is 398 g/mol. The molecule has 8 nitrogen and oxygen atoms in total. The molecule has 0 unspecified atom stereocenters. The van der Waals surface area contributed by atoms with E-state index in [1.807, 2.05) is 30.3 Å². The third kappa shape index (κ3) is 4.49. The molecule has 0 saturated carbocycles. The third-order valence-corrected chi connectivity index (χ3v) is 4.82. The molecular formula is C19H18N4O4S. The zero-order chi connectivity index (χ0) is 20.1. The van der Waals surface area contributed by atoms with Gasteiger partial charge in [-0.2, -0.15) is 0 Å². The minimum absolute atomic E-state index is 0.200. The highest BCUT2D eigenvalue weighted by molar-refractivity contribution is 7.17. The molecule has 1 N–H and O–H groups in total. The Balaban J connectivity index is 1.74. The van der Waals surface area contributed by atoms with Crippen molar-refractivity contribution in [1.29, 1.82) is 0 Å². The molecule has 0 aliphatic heterocycles. The molecule has 0 saturated heterocycles. The van der Waals surface area contributed by atoms with Crippen molar-refractivity contribution in [3.63, 3.8) is 0 Å². The lowest BCUT2D eigenvalue weighted by atomic mass is 10.2. The van der Waals surface area contributed by atoms with Crippen LogP contribution in [0.5, 0.6) is 0 Å². The SMILES string of the molecule is CCOC(=O)c1sc(NC(=O)Cn2cc(-c3ccccc3)ncc2=O)nc1C. The molecule has 9 heteroatoms. The van der Waals surface area contributed by atoms with E-state index in [0.29, 0.717) is 16.3 Å². The molecule has 1 aromatic carbocycles. The predicted octanol–water partition coefficient (Wildman–Crippen LogP) is 2.49. The van der Waals surface area contributed by atoms with Gasteiger partial charge in [-0.3, -0.25) is 9.59 Å². The summed E-state index contributed by atoms with van der Waals surface area (Å²) in [6.45, 7) is 3.44. The van der Waals surface area contributed by atoms with Crippen molar-refractivity contribution in [1.82, 2.24) is 14.5 Å². The summed E-state index contributed by atoms with van der Waals surface area (Å²) in [5.74, 6) is -0.910. The van der Waals surface area contributed by atoms with Crippen LogP contribution in [0.3, 0.4) is 0 Å². The maximum Gasteiger partial charge on any atom is 0.350 e. The highest BCUT2D eigenvalue weighted by atomic mass is 32.1. The molecule has 2 heterocycles. The monoisotopic (exact) mass is 398 g/mol. The number of carbonyl (C=O) groups is 2. The van der Waals surface area contributed by atoms with Gasteiger partial charge < -0.3 is 14.6 Å². The summed E-state index contributed by atoms with van der Waals surface area (Å²) in [5, 5.41) is 2.89. The lowest BCUT2D eigenvalue weighted by Crippen LogP contribution is -2.27. The fraction of sp³-hybridized carbons (Fsp3) is 0.211. The van der Waals surface area contributed by atoms with E-state index in [2.05, 4.69) is 15.3 Å². The van der Waals surface area contributed by atoms with Crippen LogP contribution in [-0.4, -0.2) is 33.0 Å². The van der Waals surface area contributed by atoms with Crippen molar-refractivity contribution in [2.45, 2.75) is 20.4 Å². The molecule has 0 radical (unpaired) electrons. The molecule has 3 rings (SSSR count). The Morgan fingerprint density at radius 1 is 1.25 bits per heavy atom. The molecule has 3 aromatic rings. The van der Waals surface area contributed by atoms with Gasteiger partial charge >= 0.3 is 5.97 Å². The number of nitrogens with zero attached hydrogens (tertiary/aromatic N) is 3. The second kappa shape index (κ2) is 8.57. The van der Waals surface area contributed by atoms with Gasteiger partial charge in [0.25, 0.3) is 5.56 Å².